The molecule has 3 aromatic heterocycles. The zero-order valence-corrected chi connectivity index (χ0v) is 14.3. The molecule has 0 aliphatic heterocycles. The van der Waals surface area contributed by atoms with Crippen molar-refractivity contribution in [3.63, 3.8) is 0 Å². The maximum atomic E-state index is 12.3. The van der Waals surface area contributed by atoms with Gasteiger partial charge in [0.25, 0.3) is 5.56 Å². The van der Waals surface area contributed by atoms with Crippen LogP contribution in [0.5, 0.6) is 0 Å². The molecule has 0 saturated heterocycles. The van der Waals surface area contributed by atoms with Crippen LogP contribution in [0.1, 0.15) is 39.8 Å². The van der Waals surface area contributed by atoms with E-state index in [1.54, 1.807) is 13.2 Å². The largest absolute Gasteiger partial charge is 0.468 e. The molecule has 24 heavy (non-hydrogen) atoms. The molecule has 0 spiro atoms. The number of nitrogens with zero attached hydrogens (tertiary/aromatic N) is 1. The fourth-order valence-corrected chi connectivity index (χ4v) is 3.57. The molecule has 3 aromatic rings. The highest BCUT2D eigenvalue weighted by Crippen LogP contribution is 2.27. The molecule has 0 amide bonds. The summed E-state index contributed by atoms with van der Waals surface area (Å²) in [5.41, 5.74) is 0.338. The summed E-state index contributed by atoms with van der Waals surface area (Å²) >= 11 is 1.16. The van der Waals surface area contributed by atoms with Crippen LogP contribution in [0.3, 0.4) is 0 Å². The Balaban J connectivity index is 1.88. The summed E-state index contributed by atoms with van der Waals surface area (Å²) in [5, 5.41) is 3.67. The van der Waals surface area contributed by atoms with E-state index in [1.807, 2.05) is 19.1 Å². The zero-order valence-electron chi connectivity index (χ0n) is 13.5. The van der Waals surface area contributed by atoms with E-state index in [0.717, 1.165) is 17.1 Å². The molecule has 0 fully saturated rings. The number of nitrogens with one attached hydrogen (secondary N) is 2. The van der Waals surface area contributed by atoms with Crippen LogP contribution < -0.4 is 10.9 Å². The number of hydrogen-bond acceptors (Lipinski definition) is 7. The van der Waals surface area contributed by atoms with Gasteiger partial charge in [0, 0.05) is 0 Å². The van der Waals surface area contributed by atoms with Crippen LogP contribution in [0.2, 0.25) is 0 Å². The molecule has 7 nitrogen and oxygen atoms in total. The third-order valence-electron chi connectivity index (χ3n) is 3.77. The Labute approximate surface area is 141 Å². The topological polar surface area (TPSA) is 97.2 Å². The Kier molecular flexibility index (Phi) is 4.50. The number of aryl methyl sites for hydroxylation is 1. The molecule has 8 heteroatoms. The number of fused-ring (bicyclic) bond motifs is 1. The minimum Gasteiger partial charge on any atom is -0.468 e. The summed E-state index contributed by atoms with van der Waals surface area (Å²) < 4.78 is 10.1. The van der Waals surface area contributed by atoms with E-state index in [9.17, 15) is 9.59 Å². The van der Waals surface area contributed by atoms with E-state index in [2.05, 4.69) is 15.3 Å². The minimum absolute atomic E-state index is 0.0169. The van der Waals surface area contributed by atoms with Crippen molar-refractivity contribution in [2.45, 2.75) is 26.4 Å². The van der Waals surface area contributed by atoms with Gasteiger partial charge in [0.15, 0.2) is 0 Å². The highest BCUT2D eigenvalue weighted by Gasteiger charge is 2.19. The molecule has 1 atom stereocenters. The Bertz CT molecular complexity index is 927. The van der Waals surface area contributed by atoms with Crippen molar-refractivity contribution in [2.75, 3.05) is 7.11 Å². The molecule has 0 aliphatic carbocycles. The molecule has 3 heterocycles. The van der Waals surface area contributed by atoms with Gasteiger partial charge in [-0.3, -0.25) is 4.79 Å². The molecule has 3 rings (SSSR count). The van der Waals surface area contributed by atoms with Gasteiger partial charge < -0.3 is 19.5 Å². The fraction of sp³-hybridized carbons (Fsp3) is 0.312. The van der Waals surface area contributed by atoms with E-state index in [4.69, 9.17) is 9.15 Å². The third-order valence-corrected chi connectivity index (χ3v) is 4.93. The predicted molar refractivity (Wildman–Crippen MR) is 90.3 cm³/mol. The number of thiophene rings is 1. The first-order valence-corrected chi connectivity index (χ1v) is 8.20. The van der Waals surface area contributed by atoms with Crippen LogP contribution in [-0.4, -0.2) is 23.0 Å². The quantitative estimate of drug-likeness (QED) is 0.688. The predicted octanol–water partition coefficient (Wildman–Crippen LogP) is 2.52. The number of rotatable bonds is 5. The smallest absolute Gasteiger partial charge is 0.348 e. The minimum atomic E-state index is -0.457. The average molecular weight is 347 g/mol. The van der Waals surface area contributed by atoms with Crippen LogP contribution in [0.25, 0.3) is 10.2 Å². The molecule has 0 unspecified atom stereocenters. The van der Waals surface area contributed by atoms with Crippen LogP contribution in [0.4, 0.5) is 0 Å². The van der Waals surface area contributed by atoms with Crippen LogP contribution in [-0.2, 0) is 11.3 Å². The normalized spacial score (nSPS) is 12.5. The average Bonchev–Trinajstić information content (AvgIpc) is 3.20. The molecular formula is C16H17N3O4S. The van der Waals surface area contributed by atoms with Crippen LogP contribution in [0, 0.1) is 6.92 Å². The van der Waals surface area contributed by atoms with E-state index in [0.29, 0.717) is 33.0 Å². The van der Waals surface area contributed by atoms with Gasteiger partial charge in [-0.05, 0) is 31.5 Å². The molecule has 0 radical (unpaired) electrons. The van der Waals surface area contributed by atoms with Gasteiger partial charge in [-0.2, -0.15) is 0 Å². The first-order chi connectivity index (χ1) is 11.5. The molecule has 0 aliphatic rings. The van der Waals surface area contributed by atoms with Crippen molar-refractivity contribution in [1.82, 2.24) is 15.3 Å². The lowest BCUT2D eigenvalue weighted by Gasteiger charge is -2.10. The molecule has 0 aromatic carbocycles. The van der Waals surface area contributed by atoms with Gasteiger partial charge in [0.1, 0.15) is 21.3 Å². The van der Waals surface area contributed by atoms with E-state index >= 15 is 0 Å². The maximum absolute atomic E-state index is 12.3. The Morgan fingerprint density at radius 1 is 1.54 bits per heavy atom. The van der Waals surface area contributed by atoms with Gasteiger partial charge in [-0.1, -0.05) is 0 Å². The molecular weight excluding hydrogens is 330 g/mol. The number of aromatic nitrogens is 2. The van der Waals surface area contributed by atoms with Gasteiger partial charge >= 0.3 is 5.97 Å². The Hall–Kier alpha value is -2.45. The first-order valence-electron chi connectivity index (χ1n) is 7.38. The van der Waals surface area contributed by atoms with Crippen molar-refractivity contribution in [3.05, 3.63) is 50.8 Å². The lowest BCUT2D eigenvalue weighted by atomic mass is 10.2. The fourth-order valence-electron chi connectivity index (χ4n) is 2.45. The summed E-state index contributed by atoms with van der Waals surface area (Å²) in [4.78, 5) is 32.2. The summed E-state index contributed by atoms with van der Waals surface area (Å²) in [7, 11) is 1.31. The first kappa shape index (κ1) is 16.4. The Morgan fingerprint density at radius 2 is 2.33 bits per heavy atom. The zero-order chi connectivity index (χ0) is 17.3. The number of H-pyrrole nitrogens is 1. The summed E-state index contributed by atoms with van der Waals surface area (Å²) in [6.07, 6.45) is 1.61. The number of methoxy groups -OCH3 is 1. The molecule has 2 N–H and O–H groups in total. The Morgan fingerprint density at radius 3 is 3.00 bits per heavy atom. The van der Waals surface area contributed by atoms with Crippen molar-refractivity contribution in [3.8, 4) is 0 Å². The van der Waals surface area contributed by atoms with E-state index < -0.39 is 5.97 Å². The van der Waals surface area contributed by atoms with Crippen molar-refractivity contribution < 1.29 is 13.9 Å². The SMILES string of the molecule is COC(=O)c1sc2nc(CN[C@H](C)c3ccco3)[nH]c(=O)c2c1C. The highest BCUT2D eigenvalue weighted by molar-refractivity contribution is 7.20. The van der Waals surface area contributed by atoms with Crippen LogP contribution >= 0.6 is 11.3 Å². The second-order valence-corrected chi connectivity index (χ2v) is 6.36. The monoisotopic (exact) mass is 347 g/mol. The number of ether oxygens (including phenoxy) is 1. The van der Waals surface area contributed by atoms with Gasteiger partial charge in [0.2, 0.25) is 0 Å². The van der Waals surface area contributed by atoms with Crippen LogP contribution in [0.15, 0.2) is 27.6 Å². The maximum Gasteiger partial charge on any atom is 0.348 e. The summed E-state index contributed by atoms with van der Waals surface area (Å²) in [6, 6.07) is 3.68. The second-order valence-electron chi connectivity index (χ2n) is 5.36. The van der Waals surface area contributed by atoms with Crippen molar-refractivity contribution in [2.24, 2.45) is 0 Å². The third kappa shape index (κ3) is 2.98. The standard InChI is InChI=1S/C16H17N3O4S/c1-8-12-14(20)18-11(7-17-9(2)10-5-4-6-23-10)19-15(12)24-13(8)16(21)22-3/h4-6,9,17H,7H2,1-3H3,(H,18,19,20)/t9-/m1/s1. The highest BCUT2D eigenvalue weighted by atomic mass is 32.1. The van der Waals surface area contributed by atoms with Crippen molar-refractivity contribution in [1.29, 1.82) is 0 Å². The van der Waals surface area contributed by atoms with Crippen molar-refractivity contribution >= 4 is 27.5 Å². The van der Waals surface area contributed by atoms with E-state index in [1.165, 1.54) is 7.11 Å². The molecule has 126 valence electrons. The molecule has 0 bridgehead atoms. The molecule has 0 saturated carbocycles. The number of carbonyl (C=O) groups is 1. The summed E-state index contributed by atoms with van der Waals surface area (Å²) in [5.74, 6) is 0.850. The summed E-state index contributed by atoms with van der Waals surface area (Å²) in [6.45, 7) is 4.05. The number of hydrogen-bond donors (Lipinski definition) is 2. The number of carbonyl (C=O) groups excluding carboxylic acids is 1. The number of esters is 1. The lowest BCUT2D eigenvalue weighted by molar-refractivity contribution is 0.0605. The number of aromatic amines is 1. The van der Waals surface area contributed by atoms with Gasteiger partial charge in [0.05, 0.1) is 31.3 Å². The van der Waals surface area contributed by atoms with Gasteiger partial charge in [-0.15, -0.1) is 11.3 Å². The number of furan rings is 1. The van der Waals surface area contributed by atoms with Gasteiger partial charge in [-0.25, -0.2) is 9.78 Å². The second kappa shape index (κ2) is 6.58. The van der Waals surface area contributed by atoms with E-state index in [-0.39, 0.29) is 11.6 Å². The lowest BCUT2D eigenvalue weighted by Crippen LogP contribution is -2.21.